The Labute approximate surface area is 127 Å². The smallest absolute Gasteiger partial charge is 0.243 e. The Morgan fingerprint density at radius 3 is 2.59 bits per heavy atom. The van der Waals surface area contributed by atoms with Crippen LogP contribution in [-0.4, -0.2) is 29.8 Å². The van der Waals surface area contributed by atoms with E-state index in [0.717, 1.165) is 5.56 Å². The van der Waals surface area contributed by atoms with Gasteiger partial charge in [-0.05, 0) is 24.1 Å². The maximum atomic E-state index is 12.0. The molecule has 0 radical (unpaired) electrons. The molecule has 0 spiro atoms. The Hall–Kier alpha value is -2.88. The molecule has 1 fully saturated rings. The zero-order valence-corrected chi connectivity index (χ0v) is 11.8. The number of hydrogen-bond donors (Lipinski definition) is 3. The van der Waals surface area contributed by atoms with Crippen molar-refractivity contribution in [3.05, 3.63) is 35.4 Å². The molecular formula is C15H16N4O3. The highest BCUT2D eigenvalue weighted by molar-refractivity contribution is 5.93. The zero-order chi connectivity index (χ0) is 16.1. The van der Waals surface area contributed by atoms with Gasteiger partial charge >= 0.3 is 0 Å². The molecule has 0 saturated carbocycles. The molecule has 22 heavy (non-hydrogen) atoms. The molecule has 1 saturated heterocycles. The molecule has 4 N–H and O–H groups in total. The molecule has 2 atom stereocenters. The lowest BCUT2D eigenvalue weighted by Gasteiger charge is -2.18. The normalized spacial score (nSPS) is 18.1. The molecule has 114 valence electrons. The van der Waals surface area contributed by atoms with Crippen molar-refractivity contribution in [1.29, 1.82) is 5.26 Å². The molecule has 2 rings (SSSR count). The van der Waals surface area contributed by atoms with Gasteiger partial charge in [-0.3, -0.25) is 14.4 Å². The maximum absolute atomic E-state index is 12.0. The van der Waals surface area contributed by atoms with Crippen molar-refractivity contribution in [2.75, 3.05) is 0 Å². The molecule has 1 aromatic rings. The molecule has 0 aromatic heterocycles. The molecule has 0 unspecified atom stereocenters. The van der Waals surface area contributed by atoms with Crippen molar-refractivity contribution < 1.29 is 14.4 Å². The zero-order valence-electron chi connectivity index (χ0n) is 11.8. The van der Waals surface area contributed by atoms with Gasteiger partial charge in [0.2, 0.25) is 17.7 Å². The summed E-state index contributed by atoms with van der Waals surface area (Å²) in [5.41, 5.74) is 6.61. The number of carbonyl (C=O) groups is 3. The van der Waals surface area contributed by atoms with Crippen molar-refractivity contribution in [3.63, 3.8) is 0 Å². The lowest BCUT2D eigenvalue weighted by Crippen LogP contribution is -2.51. The van der Waals surface area contributed by atoms with Gasteiger partial charge in [0.15, 0.2) is 0 Å². The highest BCUT2D eigenvalue weighted by atomic mass is 16.2. The van der Waals surface area contributed by atoms with E-state index in [0.29, 0.717) is 18.4 Å². The molecular weight excluding hydrogens is 284 g/mol. The number of rotatable bonds is 5. The van der Waals surface area contributed by atoms with Gasteiger partial charge < -0.3 is 16.4 Å². The maximum Gasteiger partial charge on any atom is 0.243 e. The van der Waals surface area contributed by atoms with Gasteiger partial charge in [0.05, 0.1) is 11.6 Å². The van der Waals surface area contributed by atoms with E-state index in [-0.39, 0.29) is 12.3 Å². The van der Waals surface area contributed by atoms with Crippen LogP contribution in [0.5, 0.6) is 0 Å². The fraction of sp³-hybridized carbons (Fsp3) is 0.333. The van der Waals surface area contributed by atoms with E-state index in [9.17, 15) is 14.4 Å². The third kappa shape index (κ3) is 3.82. The van der Waals surface area contributed by atoms with Crippen LogP contribution < -0.4 is 16.4 Å². The van der Waals surface area contributed by atoms with Crippen molar-refractivity contribution in [2.24, 2.45) is 5.73 Å². The van der Waals surface area contributed by atoms with Crippen molar-refractivity contribution in [3.8, 4) is 6.07 Å². The third-order valence-corrected chi connectivity index (χ3v) is 3.49. The van der Waals surface area contributed by atoms with E-state index in [4.69, 9.17) is 11.0 Å². The predicted molar refractivity (Wildman–Crippen MR) is 77.2 cm³/mol. The SMILES string of the molecule is N#Cc1ccc(C[C@@H](NC(=O)[C@@H]2CCC(=O)N2)C(N)=O)cc1. The third-order valence-electron chi connectivity index (χ3n) is 3.49. The Balaban J connectivity index is 2.00. The number of nitrogens with two attached hydrogens (primary N) is 1. The first-order chi connectivity index (χ1) is 10.5. The van der Waals surface area contributed by atoms with Crippen LogP contribution >= 0.6 is 0 Å². The molecule has 1 aromatic carbocycles. The van der Waals surface area contributed by atoms with Gasteiger partial charge in [-0.1, -0.05) is 12.1 Å². The summed E-state index contributed by atoms with van der Waals surface area (Å²) in [4.78, 5) is 34.6. The quantitative estimate of drug-likeness (QED) is 0.668. The van der Waals surface area contributed by atoms with E-state index >= 15 is 0 Å². The number of benzene rings is 1. The van der Waals surface area contributed by atoms with Crippen LogP contribution in [0.15, 0.2) is 24.3 Å². The molecule has 1 aliphatic rings. The highest BCUT2D eigenvalue weighted by Crippen LogP contribution is 2.09. The minimum atomic E-state index is -0.863. The van der Waals surface area contributed by atoms with E-state index in [1.807, 2.05) is 6.07 Å². The summed E-state index contributed by atoms with van der Waals surface area (Å²) >= 11 is 0. The Morgan fingerprint density at radius 2 is 2.09 bits per heavy atom. The summed E-state index contributed by atoms with van der Waals surface area (Å²) in [5.74, 6) is -1.24. The number of hydrogen-bond acceptors (Lipinski definition) is 4. The predicted octanol–water partition coefficient (Wildman–Crippen LogP) is -0.651. The van der Waals surface area contributed by atoms with Crippen molar-refractivity contribution >= 4 is 17.7 Å². The van der Waals surface area contributed by atoms with Gasteiger partial charge in [0.1, 0.15) is 12.1 Å². The fourth-order valence-corrected chi connectivity index (χ4v) is 2.26. The summed E-state index contributed by atoms with van der Waals surface area (Å²) in [6, 6.07) is 7.20. The van der Waals surface area contributed by atoms with Crippen molar-refractivity contribution in [2.45, 2.75) is 31.3 Å². The average molecular weight is 300 g/mol. The minimum Gasteiger partial charge on any atom is -0.368 e. The molecule has 0 aliphatic carbocycles. The van der Waals surface area contributed by atoms with Crippen LogP contribution in [0.4, 0.5) is 0 Å². The van der Waals surface area contributed by atoms with Crippen LogP contribution in [0.25, 0.3) is 0 Å². The van der Waals surface area contributed by atoms with Crippen LogP contribution in [-0.2, 0) is 20.8 Å². The molecule has 7 nitrogen and oxygen atoms in total. The Bertz CT molecular complexity index is 633. The van der Waals surface area contributed by atoms with Crippen LogP contribution in [0.3, 0.4) is 0 Å². The van der Waals surface area contributed by atoms with Gasteiger partial charge in [-0.15, -0.1) is 0 Å². The summed E-state index contributed by atoms with van der Waals surface area (Å²) in [5, 5.41) is 13.8. The second kappa shape index (κ2) is 6.72. The van der Waals surface area contributed by atoms with Gasteiger partial charge in [0, 0.05) is 12.8 Å². The summed E-state index contributed by atoms with van der Waals surface area (Å²) in [6.45, 7) is 0. The van der Waals surface area contributed by atoms with Crippen LogP contribution in [0.1, 0.15) is 24.0 Å². The monoisotopic (exact) mass is 300 g/mol. The summed E-state index contributed by atoms with van der Waals surface area (Å²) in [6.07, 6.45) is 0.940. The van der Waals surface area contributed by atoms with Crippen LogP contribution in [0, 0.1) is 11.3 Å². The van der Waals surface area contributed by atoms with Gasteiger partial charge in [-0.25, -0.2) is 0 Å². The molecule has 0 bridgehead atoms. The standard InChI is InChI=1S/C15H16N4O3/c16-8-10-3-1-9(2-4-10)7-12(14(17)21)19-15(22)11-5-6-13(20)18-11/h1-4,11-12H,5-7H2,(H2,17,21)(H,18,20)(H,19,22)/t11-,12+/m0/s1. The van der Waals surface area contributed by atoms with E-state index in [2.05, 4.69) is 10.6 Å². The average Bonchev–Trinajstić information content (AvgIpc) is 2.94. The van der Waals surface area contributed by atoms with Crippen molar-refractivity contribution in [1.82, 2.24) is 10.6 Å². The number of amides is 3. The number of primary amides is 1. The molecule has 1 aliphatic heterocycles. The number of nitriles is 1. The molecule has 7 heteroatoms. The lowest BCUT2D eigenvalue weighted by atomic mass is 10.0. The second-order valence-electron chi connectivity index (χ2n) is 5.14. The van der Waals surface area contributed by atoms with E-state index < -0.39 is 23.9 Å². The summed E-state index contributed by atoms with van der Waals surface area (Å²) in [7, 11) is 0. The topological polar surface area (TPSA) is 125 Å². The minimum absolute atomic E-state index is 0.178. The lowest BCUT2D eigenvalue weighted by molar-refractivity contribution is -0.129. The van der Waals surface area contributed by atoms with Gasteiger partial charge in [0.25, 0.3) is 0 Å². The number of nitrogens with zero attached hydrogens (tertiary/aromatic N) is 1. The first kappa shape index (κ1) is 15.5. The highest BCUT2D eigenvalue weighted by Gasteiger charge is 2.29. The van der Waals surface area contributed by atoms with E-state index in [1.165, 1.54) is 0 Å². The second-order valence-corrected chi connectivity index (χ2v) is 5.14. The van der Waals surface area contributed by atoms with Crippen LogP contribution in [0.2, 0.25) is 0 Å². The van der Waals surface area contributed by atoms with E-state index in [1.54, 1.807) is 24.3 Å². The Morgan fingerprint density at radius 1 is 1.41 bits per heavy atom. The summed E-state index contributed by atoms with van der Waals surface area (Å²) < 4.78 is 0. The number of nitrogens with one attached hydrogen (secondary N) is 2. The first-order valence-electron chi connectivity index (χ1n) is 6.87. The molecule has 3 amide bonds. The fourth-order valence-electron chi connectivity index (χ4n) is 2.26. The molecule has 1 heterocycles. The first-order valence-corrected chi connectivity index (χ1v) is 6.87. The number of carbonyl (C=O) groups excluding carboxylic acids is 3. The largest absolute Gasteiger partial charge is 0.368 e. The Kier molecular flexibility index (Phi) is 4.73. The van der Waals surface area contributed by atoms with Gasteiger partial charge in [-0.2, -0.15) is 5.26 Å².